The molecule has 0 fully saturated rings. The van der Waals surface area contributed by atoms with Crippen LogP contribution in [0.3, 0.4) is 0 Å². The highest BCUT2D eigenvalue weighted by Crippen LogP contribution is 2.15. The fourth-order valence-corrected chi connectivity index (χ4v) is 1.19. The summed E-state index contributed by atoms with van der Waals surface area (Å²) in [5, 5.41) is 7.40. The van der Waals surface area contributed by atoms with E-state index in [1.165, 1.54) is 0 Å². The second-order valence-electron chi connectivity index (χ2n) is 3.01. The number of nitrogens with two attached hydrogens (primary N) is 2. The van der Waals surface area contributed by atoms with Crippen molar-refractivity contribution in [3.63, 3.8) is 0 Å². The molecule has 1 amide bonds. The highest BCUT2D eigenvalue weighted by molar-refractivity contribution is 6.44. The second kappa shape index (κ2) is 6.61. The molecule has 1 aromatic carbocycles. The van der Waals surface area contributed by atoms with E-state index in [1.54, 1.807) is 12.1 Å². The Kier molecular flexibility index (Phi) is 5.85. The van der Waals surface area contributed by atoms with Gasteiger partial charge in [-0.2, -0.15) is 0 Å². The molecule has 0 atom stereocenters. The first-order valence-electron chi connectivity index (χ1n) is 5.33. The summed E-state index contributed by atoms with van der Waals surface area (Å²) in [5.41, 5.74) is 12.3. The first-order chi connectivity index (χ1) is 7.56. The number of benzene rings is 1. The number of anilines is 1. The van der Waals surface area contributed by atoms with Gasteiger partial charge in [-0.25, -0.2) is 0 Å². The Hall–Kier alpha value is -1.84. The van der Waals surface area contributed by atoms with Gasteiger partial charge in [-0.15, -0.1) is 0 Å². The van der Waals surface area contributed by atoms with Crippen molar-refractivity contribution in [1.29, 1.82) is 5.41 Å². The van der Waals surface area contributed by atoms with Crippen molar-refractivity contribution >= 4 is 17.3 Å². The summed E-state index contributed by atoms with van der Waals surface area (Å²) < 4.78 is 0. The van der Waals surface area contributed by atoms with Crippen LogP contribution in [0.15, 0.2) is 18.2 Å². The van der Waals surface area contributed by atoms with Gasteiger partial charge in [0.05, 0.1) is 0 Å². The lowest BCUT2D eigenvalue weighted by Gasteiger charge is -2.06. The predicted molar refractivity (Wildman–Crippen MR) is 67.6 cm³/mol. The maximum atomic E-state index is 10.7. The minimum absolute atomic E-state index is 0.245. The normalized spacial score (nSPS) is 8.94. The molecule has 0 aromatic heterocycles. The third kappa shape index (κ3) is 3.38. The molecule has 0 spiro atoms. The van der Waals surface area contributed by atoms with Crippen LogP contribution in [0.1, 0.15) is 31.9 Å². The Labute approximate surface area is 96.2 Å². The molecule has 88 valence electrons. The molecule has 0 aliphatic rings. The van der Waals surface area contributed by atoms with Gasteiger partial charge in [0.2, 0.25) is 0 Å². The third-order valence-electron chi connectivity index (χ3n) is 2.04. The number of rotatable bonds is 3. The van der Waals surface area contributed by atoms with Gasteiger partial charge in [0.15, 0.2) is 0 Å². The molecule has 5 N–H and O–H groups in total. The van der Waals surface area contributed by atoms with Gasteiger partial charge in [-0.3, -0.25) is 10.2 Å². The molecule has 1 rings (SSSR count). The van der Waals surface area contributed by atoms with Crippen LogP contribution in [0.2, 0.25) is 0 Å². The summed E-state index contributed by atoms with van der Waals surface area (Å²) in [5.74, 6) is -0.763. The number of hydrogen-bond acceptors (Lipinski definition) is 3. The first kappa shape index (κ1) is 14.2. The quantitative estimate of drug-likeness (QED) is 0.535. The van der Waals surface area contributed by atoms with Gasteiger partial charge >= 0.3 is 0 Å². The summed E-state index contributed by atoms with van der Waals surface area (Å²) in [4.78, 5) is 10.7. The standard InChI is InChI=1S/C10H13N3O.C2H6/c1-2-6-3-4-7(8(11)5-6)9(12)10(13)14;1-2/h3-5,12H,2,11H2,1H3,(H2,13,14);1-2H3. The number of nitrogens with one attached hydrogen (secondary N) is 1. The zero-order chi connectivity index (χ0) is 12.7. The molecule has 0 unspecified atom stereocenters. The average molecular weight is 221 g/mol. The van der Waals surface area contributed by atoms with E-state index >= 15 is 0 Å². The van der Waals surface area contributed by atoms with Crippen molar-refractivity contribution in [3.8, 4) is 0 Å². The molecule has 0 saturated carbocycles. The monoisotopic (exact) mass is 221 g/mol. The van der Waals surface area contributed by atoms with Gasteiger partial charge in [0.1, 0.15) is 5.71 Å². The lowest BCUT2D eigenvalue weighted by molar-refractivity contribution is -0.112. The van der Waals surface area contributed by atoms with Gasteiger partial charge in [0.25, 0.3) is 5.91 Å². The van der Waals surface area contributed by atoms with Crippen LogP contribution in [0.4, 0.5) is 5.69 Å². The Balaban J connectivity index is 0.00000106. The zero-order valence-electron chi connectivity index (χ0n) is 10.0. The number of nitrogen functional groups attached to an aromatic ring is 1. The van der Waals surface area contributed by atoms with Gasteiger partial charge in [-0.1, -0.05) is 32.9 Å². The Morgan fingerprint density at radius 2 is 1.94 bits per heavy atom. The fourth-order valence-electron chi connectivity index (χ4n) is 1.19. The van der Waals surface area contributed by atoms with E-state index in [2.05, 4.69) is 0 Å². The largest absolute Gasteiger partial charge is 0.398 e. The minimum Gasteiger partial charge on any atom is -0.398 e. The molecule has 4 heteroatoms. The molecule has 0 aliphatic carbocycles. The summed E-state index contributed by atoms with van der Waals surface area (Å²) in [6, 6.07) is 5.25. The molecule has 0 saturated heterocycles. The van der Waals surface area contributed by atoms with Crippen molar-refractivity contribution in [2.24, 2.45) is 5.73 Å². The maximum absolute atomic E-state index is 10.7. The summed E-state index contributed by atoms with van der Waals surface area (Å²) in [6.07, 6.45) is 0.869. The van der Waals surface area contributed by atoms with E-state index in [9.17, 15) is 4.79 Å². The molecule has 4 nitrogen and oxygen atoms in total. The second-order valence-corrected chi connectivity index (χ2v) is 3.01. The Morgan fingerprint density at radius 3 is 2.31 bits per heavy atom. The summed E-state index contributed by atoms with van der Waals surface area (Å²) in [7, 11) is 0. The lowest BCUT2D eigenvalue weighted by Crippen LogP contribution is -2.24. The average Bonchev–Trinajstić information content (AvgIpc) is 2.30. The molecule has 1 aromatic rings. The minimum atomic E-state index is -0.763. The highest BCUT2D eigenvalue weighted by atomic mass is 16.1. The number of amides is 1. The van der Waals surface area contributed by atoms with E-state index in [0.717, 1.165) is 12.0 Å². The van der Waals surface area contributed by atoms with Crippen molar-refractivity contribution in [3.05, 3.63) is 29.3 Å². The Bertz CT molecular complexity index is 386. The van der Waals surface area contributed by atoms with Crippen LogP contribution in [-0.4, -0.2) is 11.6 Å². The number of primary amides is 1. The van der Waals surface area contributed by atoms with Crippen LogP contribution >= 0.6 is 0 Å². The van der Waals surface area contributed by atoms with Gasteiger partial charge in [-0.05, 0) is 18.1 Å². The number of aryl methyl sites for hydroxylation is 1. The van der Waals surface area contributed by atoms with Crippen molar-refractivity contribution in [2.45, 2.75) is 27.2 Å². The van der Waals surface area contributed by atoms with Gasteiger partial charge < -0.3 is 11.5 Å². The Morgan fingerprint density at radius 1 is 1.38 bits per heavy atom. The highest BCUT2D eigenvalue weighted by Gasteiger charge is 2.10. The first-order valence-corrected chi connectivity index (χ1v) is 5.33. The zero-order valence-corrected chi connectivity index (χ0v) is 10.0. The predicted octanol–water partition coefficient (Wildman–Crippen LogP) is 1.71. The van der Waals surface area contributed by atoms with E-state index in [-0.39, 0.29) is 5.71 Å². The van der Waals surface area contributed by atoms with Gasteiger partial charge in [0, 0.05) is 11.3 Å². The lowest BCUT2D eigenvalue weighted by atomic mass is 10.0. The van der Waals surface area contributed by atoms with E-state index in [4.69, 9.17) is 16.9 Å². The number of carbonyl (C=O) groups excluding carboxylic acids is 1. The van der Waals surface area contributed by atoms with Crippen LogP contribution in [0.25, 0.3) is 0 Å². The SMILES string of the molecule is CC.CCc1ccc(C(=N)C(N)=O)c(N)c1. The summed E-state index contributed by atoms with van der Waals surface area (Å²) in [6.45, 7) is 6.01. The molecular weight excluding hydrogens is 202 g/mol. The van der Waals surface area contributed by atoms with Crippen molar-refractivity contribution in [2.75, 3.05) is 5.73 Å². The number of carbonyl (C=O) groups is 1. The maximum Gasteiger partial charge on any atom is 0.267 e. The number of hydrogen-bond donors (Lipinski definition) is 3. The third-order valence-corrected chi connectivity index (χ3v) is 2.04. The van der Waals surface area contributed by atoms with E-state index in [1.807, 2.05) is 26.8 Å². The molecule has 0 heterocycles. The molecule has 16 heavy (non-hydrogen) atoms. The molecule has 0 bridgehead atoms. The van der Waals surface area contributed by atoms with Crippen LogP contribution in [0, 0.1) is 5.41 Å². The van der Waals surface area contributed by atoms with Crippen LogP contribution in [-0.2, 0) is 11.2 Å². The molecule has 0 radical (unpaired) electrons. The fraction of sp³-hybridized carbons (Fsp3) is 0.333. The van der Waals surface area contributed by atoms with E-state index < -0.39 is 5.91 Å². The van der Waals surface area contributed by atoms with E-state index in [0.29, 0.717) is 11.3 Å². The molecular formula is C12H19N3O. The summed E-state index contributed by atoms with van der Waals surface area (Å²) >= 11 is 0. The van der Waals surface area contributed by atoms with Crippen LogP contribution in [0.5, 0.6) is 0 Å². The van der Waals surface area contributed by atoms with Crippen molar-refractivity contribution < 1.29 is 4.79 Å². The van der Waals surface area contributed by atoms with Crippen LogP contribution < -0.4 is 11.5 Å². The smallest absolute Gasteiger partial charge is 0.267 e. The van der Waals surface area contributed by atoms with Crippen molar-refractivity contribution in [1.82, 2.24) is 0 Å². The molecule has 0 aliphatic heterocycles. The topological polar surface area (TPSA) is 93.0 Å².